The van der Waals surface area contributed by atoms with Gasteiger partial charge in [-0.3, -0.25) is 5.10 Å². The van der Waals surface area contributed by atoms with E-state index >= 15 is 0 Å². The molecule has 0 amide bonds. The minimum atomic E-state index is 0.534. The summed E-state index contributed by atoms with van der Waals surface area (Å²) in [5.41, 5.74) is 3.18. The Labute approximate surface area is 175 Å². The van der Waals surface area contributed by atoms with E-state index in [2.05, 4.69) is 71.9 Å². The van der Waals surface area contributed by atoms with E-state index in [0.29, 0.717) is 11.8 Å². The van der Waals surface area contributed by atoms with Crippen molar-refractivity contribution in [1.29, 1.82) is 0 Å². The van der Waals surface area contributed by atoms with Gasteiger partial charge in [0, 0.05) is 49.1 Å². The van der Waals surface area contributed by atoms with E-state index in [1.807, 2.05) is 30.3 Å². The van der Waals surface area contributed by atoms with E-state index in [-0.39, 0.29) is 0 Å². The third kappa shape index (κ3) is 3.90. The van der Waals surface area contributed by atoms with Crippen LogP contribution < -0.4 is 15.5 Å². The lowest BCUT2D eigenvalue weighted by atomic mass is 10.2. The van der Waals surface area contributed by atoms with Crippen LogP contribution in [0, 0.1) is 0 Å². The fraction of sp³-hybridized carbons (Fsp3) is 0.227. The summed E-state index contributed by atoms with van der Waals surface area (Å²) in [6.07, 6.45) is 1.73. The number of likely N-dealkylation sites (N-methyl/N-ethyl adjacent to an activating group) is 1. The zero-order valence-corrected chi connectivity index (χ0v) is 16.8. The smallest absolute Gasteiger partial charge is 0.229 e. The molecule has 3 N–H and O–H groups in total. The molecule has 8 heteroatoms. The summed E-state index contributed by atoms with van der Waals surface area (Å²) in [5.74, 6) is 1.96. The van der Waals surface area contributed by atoms with Gasteiger partial charge in [0.05, 0.1) is 5.52 Å². The molecule has 30 heavy (non-hydrogen) atoms. The van der Waals surface area contributed by atoms with Gasteiger partial charge in [-0.25, -0.2) is 4.98 Å². The number of H-pyrrole nitrogens is 1. The van der Waals surface area contributed by atoms with Gasteiger partial charge in [-0.1, -0.05) is 12.1 Å². The van der Waals surface area contributed by atoms with Crippen LogP contribution in [0.1, 0.15) is 0 Å². The fourth-order valence-electron chi connectivity index (χ4n) is 3.62. The van der Waals surface area contributed by atoms with Crippen molar-refractivity contribution in [2.45, 2.75) is 0 Å². The second kappa shape index (κ2) is 8.00. The summed E-state index contributed by atoms with van der Waals surface area (Å²) < 4.78 is 0. The minimum absolute atomic E-state index is 0.534. The standard InChI is InChI=1S/C22H24N8/c1-29-12-14-30(15-13-29)17-8-6-16(7-9-17)24-22-23-11-10-20(26-22)25-21-18-4-2-3-5-19(18)27-28-21/h2-11H,12-15H2,1H3,(H3,23,24,25,26,27,28). The average molecular weight is 400 g/mol. The average Bonchev–Trinajstić information content (AvgIpc) is 3.18. The first-order valence-electron chi connectivity index (χ1n) is 10.1. The van der Waals surface area contributed by atoms with Gasteiger partial charge in [0.15, 0.2) is 5.82 Å². The van der Waals surface area contributed by atoms with Crippen molar-refractivity contribution in [3.8, 4) is 0 Å². The highest BCUT2D eigenvalue weighted by molar-refractivity contribution is 5.91. The Bertz CT molecular complexity index is 1130. The molecule has 1 aliphatic heterocycles. The molecular weight excluding hydrogens is 376 g/mol. The predicted octanol–water partition coefficient (Wildman–Crippen LogP) is 3.59. The van der Waals surface area contributed by atoms with E-state index in [1.54, 1.807) is 6.20 Å². The van der Waals surface area contributed by atoms with Crippen molar-refractivity contribution in [3.63, 3.8) is 0 Å². The highest BCUT2D eigenvalue weighted by Gasteiger charge is 2.14. The van der Waals surface area contributed by atoms with Gasteiger partial charge >= 0.3 is 0 Å². The third-order valence-electron chi connectivity index (χ3n) is 5.36. The lowest BCUT2D eigenvalue weighted by Gasteiger charge is -2.34. The first-order valence-corrected chi connectivity index (χ1v) is 10.1. The second-order valence-electron chi connectivity index (χ2n) is 7.47. The van der Waals surface area contributed by atoms with E-state index < -0.39 is 0 Å². The number of fused-ring (bicyclic) bond motifs is 1. The number of piperazine rings is 1. The molecular formula is C22H24N8. The highest BCUT2D eigenvalue weighted by atomic mass is 15.2. The lowest BCUT2D eigenvalue weighted by Crippen LogP contribution is -2.44. The minimum Gasteiger partial charge on any atom is -0.369 e. The summed E-state index contributed by atoms with van der Waals surface area (Å²) in [6.45, 7) is 4.31. The molecule has 0 saturated carbocycles. The highest BCUT2D eigenvalue weighted by Crippen LogP contribution is 2.24. The summed E-state index contributed by atoms with van der Waals surface area (Å²) in [5, 5.41) is 14.9. The predicted molar refractivity (Wildman–Crippen MR) is 121 cm³/mol. The van der Waals surface area contributed by atoms with Gasteiger partial charge in [-0.05, 0) is 49.5 Å². The van der Waals surface area contributed by atoms with Gasteiger partial charge in [0.1, 0.15) is 5.82 Å². The second-order valence-corrected chi connectivity index (χ2v) is 7.47. The number of nitrogens with one attached hydrogen (secondary N) is 3. The Balaban J connectivity index is 1.28. The van der Waals surface area contributed by atoms with Crippen LogP contribution in [0.15, 0.2) is 60.8 Å². The first kappa shape index (κ1) is 18.4. The molecule has 0 atom stereocenters. The molecule has 152 valence electrons. The van der Waals surface area contributed by atoms with Crippen molar-refractivity contribution in [3.05, 3.63) is 60.8 Å². The third-order valence-corrected chi connectivity index (χ3v) is 5.36. The van der Waals surface area contributed by atoms with Gasteiger partial charge in [0.2, 0.25) is 5.95 Å². The normalized spacial score (nSPS) is 14.8. The zero-order chi connectivity index (χ0) is 20.3. The Morgan fingerprint density at radius 1 is 0.900 bits per heavy atom. The maximum absolute atomic E-state index is 4.57. The molecule has 8 nitrogen and oxygen atoms in total. The van der Waals surface area contributed by atoms with Crippen LogP contribution in [0.3, 0.4) is 0 Å². The maximum Gasteiger partial charge on any atom is 0.229 e. The number of nitrogens with zero attached hydrogens (tertiary/aromatic N) is 5. The first-order chi connectivity index (χ1) is 14.7. The topological polar surface area (TPSA) is 85.0 Å². The number of hydrogen-bond acceptors (Lipinski definition) is 7. The summed E-state index contributed by atoms with van der Waals surface area (Å²) >= 11 is 0. The molecule has 0 aliphatic carbocycles. The number of aromatic amines is 1. The molecule has 4 aromatic rings. The van der Waals surface area contributed by atoms with Crippen LogP contribution in [0.4, 0.5) is 29.0 Å². The van der Waals surface area contributed by atoms with E-state index in [0.717, 1.165) is 48.6 Å². The van der Waals surface area contributed by atoms with Gasteiger partial charge in [-0.15, -0.1) is 0 Å². The Kier molecular flexibility index (Phi) is 4.90. The largest absolute Gasteiger partial charge is 0.369 e. The number of rotatable bonds is 5. The van der Waals surface area contributed by atoms with E-state index in [1.165, 1.54) is 5.69 Å². The van der Waals surface area contributed by atoms with Crippen molar-refractivity contribution in [1.82, 2.24) is 25.1 Å². The molecule has 1 saturated heterocycles. The van der Waals surface area contributed by atoms with Gasteiger partial charge in [-0.2, -0.15) is 10.1 Å². The van der Waals surface area contributed by atoms with Gasteiger partial charge < -0.3 is 20.4 Å². The van der Waals surface area contributed by atoms with E-state index in [9.17, 15) is 0 Å². The van der Waals surface area contributed by atoms with Crippen LogP contribution in [0.2, 0.25) is 0 Å². The molecule has 0 radical (unpaired) electrons. The van der Waals surface area contributed by atoms with Crippen molar-refractivity contribution >= 4 is 39.9 Å². The van der Waals surface area contributed by atoms with Crippen LogP contribution in [0.25, 0.3) is 10.9 Å². The summed E-state index contributed by atoms with van der Waals surface area (Å²) in [4.78, 5) is 13.7. The zero-order valence-electron chi connectivity index (χ0n) is 16.8. The Morgan fingerprint density at radius 2 is 1.70 bits per heavy atom. The lowest BCUT2D eigenvalue weighted by molar-refractivity contribution is 0.313. The maximum atomic E-state index is 4.57. The van der Waals surface area contributed by atoms with Crippen LogP contribution in [0.5, 0.6) is 0 Å². The summed E-state index contributed by atoms with van der Waals surface area (Å²) in [6, 6.07) is 18.2. The Morgan fingerprint density at radius 3 is 2.53 bits per heavy atom. The number of anilines is 5. The number of aromatic nitrogens is 4. The van der Waals surface area contributed by atoms with Crippen molar-refractivity contribution < 1.29 is 0 Å². The molecule has 5 rings (SSSR count). The molecule has 1 aliphatic rings. The van der Waals surface area contributed by atoms with Gasteiger partial charge in [0.25, 0.3) is 0 Å². The number of para-hydroxylation sites is 1. The molecule has 0 spiro atoms. The quantitative estimate of drug-likeness (QED) is 0.472. The Hall–Kier alpha value is -3.65. The number of hydrogen-bond donors (Lipinski definition) is 3. The molecule has 0 unspecified atom stereocenters. The molecule has 1 fully saturated rings. The molecule has 2 aromatic heterocycles. The molecule has 0 bridgehead atoms. The summed E-state index contributed by atoms with van der Waals surface area (Å²) in [7, 11) is 2.17. The van der Waals surface area contributed by atoms with Crippen LogP contribution in [-0.2, 0) is 0 Å². The van der Waals surface area contributed by atoms with Crippen molar-refractivity contribution in [2.75, 3.05) is 48.8 Å². The van der Waals surface area contributed by atoms with Crippen LogP contribution in [-0.4, -0.2) is 58.3 Å². The van der Waals surface area contributed by atoms with E-state index in [4.69, 9.17) is 0 Å². The fourth-order valence-corrected chi connectivity index (χ4v) is 3.62. The van der Waals surface area contributed by atoms with Crippen LogP contribution >= 0.6 is 0 Å². The molecule has 2 aromatic carbocycles. The van der Waals surface area contributed by atoms with Crippen molar-refractivity contribution in [2.24, 2.45) is 0 Å². The molecule has 3 heterocycles. The SMILES string of the molecule is CN1CCN(c2ccc(Nc3nccc(Nc4n[nH]c5ccccc45)n3)cc2)CC1. The monoisotopic (exact) mass is 400 g/mol. The number of benzene rings is 2.